The molecule has 5 N–H and O–H groups in total. The molecule has 14 heavy (non-hydrogen) atoms. The highest BCUT2D eigenvalue weighted by Gasteiger charge is 1.99. The standard InChI is InChI=1S/C10H12N2O2/c11-8-5-1-3-7(10(8)14)4-2-6-9(12)13/h1-5,14H,6,11H2,(H2,12,13). The Hall–Kier alpha value is -1.97. The Morgan fingerprint density at radius 1 is 1.50 bits per heavy atom. The van der Waals surface area contributed by atoms with Gasteiger partial charge in [-0.3, -0.25) is 4.79 Å². The number of anilines is 1. The highest BCUT2D eigenvalue weighted by molar-refractivity contribution is 5.77. The highest BCUT2D eigenvalue weighted by atomic mass is 16.3. The molecule has 0 saturated carbocycles. The Morgan fingerprint density at radius 2 is 2.21 bits per heavy atom. The van der Waals surface area contributed by atoms with Gasteiger partial charge in [0, 0.05) is 12.0 Å². The van der Waals surface area contributed by atoms with Crippen molar-refractivity contribution >= 4 is 17.7 Å². The van der Waals surface area contributed by atoms with Crippen molar-refractivity contribution in [2.75, 3.05) is 5.73 Å². The minimum Gasteiger partial charge on any atom is -0.505 e. The summed E-state index contributed by atoms with van der Waals surface area (Å²) in [7, 11) is 0. The van der Waals surface area contributed by atoms with Gasteiger partial charge in [0.15, 0.2) is 0 Å². The van der Waals surface area contributed by atoms with Crippen LogP contribution in [0.3, 0.4) is 0 Å². The van der Waals surface area contributed by atoms with Crippen molar-refractivity contribution in [3.05, 3.63) is 29.8 Å². The Balaban J connectivity index is 2.81. The van der Waals surface area contributed by atoms with Crippen LogP contribution in [0.5, 0.6) is 5.75 Å². The van der Waals surface area contributed by atoms with E-state index in [2.05, 4.69) is 0 Å². The fraction of sp³-hybridized carbons (Fsp3) is 0.100. The number of amides is 1. The number of aromatic hydroxyl groups is 1. The number of para-hydroxylation sites is 1. The molecule has 0 heterocycles. The van der Waals surface area contributed by atoms with Crippen molar-refractivity contribution in [3.63, 3.8) is 0 Å². The first-order valence-corrected chi connectivity index (χ1v) is 4.13. The lowest BCUT2D eigenvalue weighted by Gasteiger charge is -2.01. The molecular weight excluding hydrogens is 180 g/mol. The number of carbonyl (C=O) groups is 1. The van der Waals surface area contributed by atoms with Crippen LogP contribution in [0.15, 0.2) is 24.3 Å². The zero-order valence-electron chi connectivity index (χ0n) is 7.60. The van der Waals surface area contributed by atoms with Gasteiger partial charge < -0.3 is 16.6 Å². The predicted octanol–water partition coefficient (Wildman–Crippen LogP) is 0.863. The van der Waals surface area contributed by atoms with Crippen LogP contribution < -0.4 is 11.5 Å². The second-order valence-corrected chi connectivity index (χ2v) is 2.86. The predicted molar refractivity (Wildman–Crippen MR) is 55.4 cm³/mol. The third kappa shape index (κ3) is 2.52. The first-order chi connectivity index (χ1) is 6.61. The van der Waals surface area contributed by atoms with Crippen molar-refractivity contribution in [3.8, 4) is 5.75 Å². The van der Waals surface area contributed by atoms with Gasteiger partial charge in [0.1, 0.15) is 5.75 Å². The number of carbonyl (C=O) groups excluding carboxylic acids is 1. The maximum Gasteiger partial charge on any atom is 0.221 e. The van der Waals surface area contributed by atoms with Crippen molar-refractivity contribution in [2.45, 2.75) is 6.42 Å². The van der Waals surface area contributed by atoms with E-state index in [1.807, 2.05) is 0 Å². The van der Waals surface area contributed by atoms with E-state index in [1.54, 1.807) is 30.4 Å². The van der Waals surface area contributed by atoms with Gasteiger partial charge in [-0.25, -0.2) is 0 Å². The molecule has 74 valence electrons. The minimum atomic E-state index is -0.412. The molecule has 0 radical (unpaired) electrons. The summed E-state index contributed by atoms with van der Waals surface area (Å²) in [5.74, 6) is -0.391. The summed E-state index contributed by atoms with van der Waals surface area (Å²) in [6.07, 6.45) is 3.33. The van der Waals surface area contributed by atoms with E-state index in [0.29, 0.717) is 11.3 Å². The molecule has 0 spiro atoms. The SMILES string of the molecule is NC(=O)CC=Cc1cccc(N)c1O. The quantitative estimate of drug-likeness (QED) is 0.490. The van der Waals surface area contributed by atoms with Crippen LogP contribution in [0.2, 0.25) is 0 Å². The second-order valence-electron chi connectivity index (χ2n) is 2.86. The van der Waals surface area contributed by atoms with Crippen molar-refractivity contribution < 1.29 is 9.90 Å². The summed E-state index contributed by atoms with van der Waals surface area (Å²) in [4.78, 5) is 10.4. The Kier molecular flexibility index (Phi) is 3.12. The average Bonchev–Trinajstić information content (AvgIpc) is 2.12. The number of hydrogen-bond acceptors (Lipinski definition) is 3. The maximum atomic E-state index is 10.4. The summed E-state index contributed by atoms with van der Waals surface area (Å²) in [5, 5.41) is 9.47. The maximum absolute atomic E-state index is 10.4. The molecule has 0 aliphatic rings. The molecular formula is C10H12N2O2. The Bertz CT molecular complexity index is 372. The molecule has 0 atom stereocenters. The average molecular weight is 192 g/mol. The van der Waals surface area contributed by atoms with Gasteiger partial charge >= 0.3 is 0 Å². The topological polar surface area (TPSA) is 89.3 Å². The van der Waals surface area contributed by atoms with E-state index in [0.717, 1.165) is 0 Å². The number of phenols is 1. The summed E-state index contributed by atoms with van der Waals surface area (Å²) in [5.41, 5.74) is 11.3. The lowest BCUT2D eigenvalue weighted by Crippen LogP contribution is -2.07. The van der Waals surface area contributed by atoms with Crippen LogP contribution in [0.1, 0.15) is 12.0 Å². The summed E-state index contributed by atoms with van der Waals surface area (Å²) in [6, 6.07) is 5.02. The van der Waals surface area contributed by atoms with Crippen molar-refractivity contribution in [2.24, 2.45) is 5.73 Å². The molecule has 0 unspecified atom stereocenters. The zero-order chi connectivity index (χ0) is 10.6. The number of benzene rings is 1. The molecule has 0 aromatic heterocycles. The number of hydrogen-bond donors (Lipinski definition) is 3. The van der Waals surface area contributed by atoms with Crippen molar-refractivity contribution in [1.29, 1.82) is 0 Å². The summed E-state index contributed by atoms with van der Waals surface area (Å²) in [6.45, 7) is 0. The Labute approximate surface area is 81.8 Å². The second kappa shape index (κ2) is 4.32. The number of rotatable bonds is 3. The normalized spacial score (nSPS) is 10.6. The molecule has 0 saturated heterocycles. The van der Waals surface area contributed by atoms with Gasteiger partial charge in [0.05, 0.1) is 5.69 Å². The van der Waals surface area contributed by atoms with Crippen molar-refractivity contribution in [1.82, 2.24) is 0 Å². The monoisotopic (exact) mass is 192 g/mol. The van der Waals surface area contributed by atoms with Crippen LogP contribution in [-0.4, -0.2) is 11.0 Å². The molecule has 4 heteroatoms. The fourth-order valence-electron chi connectivity index (χ4n) is 1.02. The zero-order valence-corrected chi connectivity index (χ0v) is 7.60. The number of nitrogen functional groups attached to an aromatic ring is 1. The molecule has 0 aliphatic heterocycles. The molecule has 1 rings (SSSR count). The van der Waals surface area contributed by atoms with E-state index in [9.17, 15) is 9.90 Å². The molecule has 1 amide bonds. The van der Waals surface area contributed by atoms with Gasteiger partial charge in [-0.05, 0) is 6.07 Å². The molecule has 4 nitrogen and oxygen atoms in total. The van der Waals surface area contributed by atoms with E-state index in [-0.39, 0.29) is 12.2 Å². The molecule has 0 bridgehead atoms. The molecule has 0 aliphatic carbocycles. The highest BCUT2D eigenvalue weighted by Crippen LogP contribution is 2.25. The minimum absolute atomic E-state index is 0.0215. The van der Waals surface area contributed by atoms with E-state index in [4.69, 9.17) is 11.5 Å². The van der Waals surface area contributed by atoms with E-state index < -0.39 is 5.91 Å². The summed E-state index contributed by atoms with van der Waals surface area (Å²) >= 11 is 0. The number of phenolic OH excluding ortho intramolecular Hbond substituents is 1. The molecule has 0 fully saturated rings. The van der Waals surface area contributed by atoms with Gasteiger partial charge in [0.25, 0.3) is 0 Å². The van der Waals surface area contributed by atoms with Crippen LogP contribution in [-0.2, 0) is 4.79 Å². The molecule has 1 aromatic carbocycles. The number of primary amides is 1. The van der Waals surface area contributed by atoms with Gasteiger partial charge in [-0.15, -0.1) is 0 Å². The van der Waals surface area contributed by atoms with E-state index in [1.165, 1.54) is 0 Å². The van der Waals surface area contributed by atoms with Crippen LogP contribution >= 0.6 is 0 Å². The van der Waals surface area contributed by atoms with Crippen LogP contribution in [0, 0.1) is 0 Å². The summed E-state index contributed by atoms with van der Waals surface area (Å²) < 4.78 is 0. The van der Waals surface area contributed by atoms with Gasteiger partial charge in [-0.1, -0.05) is 24.3 Å². The van der Waals surface area contributed by atoms with Crippen LogP contribution in [0.25, 0.3) is 6.08 Å². The van der Waals surface area contributed by atoms with E-state index >= 15 is 0 Å². The largest absolute Gasteiger partial charge is 0.505 e. The third-order valence-corrected chi connectivity index (χ3v) is 1.71. The fourth-order valence-corrected chi connectivity index (χ4v) is 1.02. The first kappa shape index (κ1) is 10.1. The third-order valence-electron chi connectivity index (χ3n) is 1.71. The smallest absolute Gasteiger partial charge is 0.221 e. The lowest BCUT2D eigenvalue weighted by atomic mass is 10.1. The molecule has 1 aromatic rings. The lowest BCUT2D eigenvalue weighted by molar-refractivity contribution is -0.117. The van der Waals surface area contributed by atoms with Gasteiger partial charge in [0.2, 0.25) is 5.91 Å². The van der Waals surface area contributed by atoms with Crippen LogP contribution in [0.4, 0.5) is 5.69 Å². The number of nitrogens with two attached hydrogens (primary N) is 2. The Morgan fingerprint density at radius 3 is 2.86 bits per heavy atom. The first-order valence-electron chi connectivity index (χ1n) is 4.13. The van der Waals surface area contributed by atoms with Gasteiger partial charge in [-0.2, -0.15) is 0 Å².